The molecule has 0 bridgehead atoms. The average molecular weight is 196 g/mol. The molecule has 0 saturated carbocycles. The number of hydrogen-bond acceptors (Lipinski definition) is 2. The van der Waals surface area contributed by atoms with Gasteiger partial charge in [0.15, 0.2) is 5.78 Å². The van der Waals surface area contributed by atoms with Crippen LogP contribution in [0.4, 0.5) is 0 Å². The summed E-state index contributed by atoms with van der Waals surface area (Å²) in [6, 6.07) is 0. The van der Waals surface area contributed by atoms with Crippen LogP contribution < -0.4 is 0 Å². The lowest BCUT2D eigenvalue weighted by Crippen LogP contribution is -2.24. The molecule has 2 heteroatoms. The van der Waals surface area contributed by atoms with E-state index in [4.69, 9.17) is 4.74 Å². The summed E-state index contributed by atoms with van der Waals surface area (Å²) in [5.74, 6) is 0.166. The number of carbonyl (C=O) groups excluding carboxylic acids is 1. The first-order valence-corrected chi connectivity index (χ1v) is 5.35. The number of ketones is 1. The van der Waals surface area contributed by atoms with Gasteiger partial charge in [-0.15, -0.1) is 0 Å². The van der Waals surface area contributed by atoms with E-state index in [9.17, 15) is 4.79 Å². The zero-order chi connectivity index (χ0) is 10.6. The summed E-state index contributed by atoms with van der Waals surface area (Å²) < 4.78 is 5.45. The summed E-state index contributed by atoms with van der Waals surface area (Å²) in [5, 5.41) is 0. The predicted octanol–water partition coefficient (Wildman–Crippen LogP) is 2.87. The first-order valence-electron chi connectivity index (χ1n) is 5.35. The van der Waals surface area contributed by atoms with E-state index in [2.05, 4.69) is 6.08 Å². The van der Waals surface area contributed by atoms with Crippen molar-refractivity contribution in [2.75, 3.05) is 6.61 Å². The molecular formula is C12H20O2. The molecule has 0 unspecified atom stereocenters. The van der Waals surface area contributed by atoms with Crippen molar-refractivity contribution >= 4 is 5.78 Å². The lowest BCUT2D eigenvalue weighted by Gasteiger charge is -2.20. The molecule has 0 amide bonds. The van der Waals surface area contributed by atoms with Crippen LogP contribution in [0, 0.1) is 0 Å². The largest absolute Gasteiger partial charge is 0.368 e. The molecule has 0 aliphatic heterocycles. The maximum Gasteiger partial charge on any atom is 0.184 e. The van der Waals surface area contributed by atoms with Crippen molar-refractivity contribution in [3.8, 4) is 0 Å². The standard InChI is InChI=1S/C12H20O2/c1-12(2,3)14-9-11(13)10-7-5-4-6-8-10/h7H,4-6,8-9H2,1-3H3. The minimum atomic E-state index is -0.217. The third-order valence-corrected chi connectivity index (χ3v) is 2.29. The number of rotatable bonds is 3. The van der Waals surface area contributed by atoms with Crippen LogP contribution in [-0.2, 0) is 9.53 Å². The van der Waals surface area contributed by atoms with Gasteiger partial charge < -0.3 is 4.74 Å². The molecule has 1 rings (SSSR count). The summed E-state index contributed by atoms with van der Waals surface area (Å²) in [6.45, 7) is 6.13. The second kappa shape index (κ2) is 4.74. The summed E-state index contributed by atoms with van der Waals surface area (Å²) >= 11 is 0. The maximum absolute atomic E-state index is 11.7. The van der Waals surface area contributed by atoms with E-state index in [0.29, 0.717) is 0 Å². The lowest BCUT2D eigenvalue weighted by molar-refractivity contribution is -0.124. The van der Waals surface area contributed by atoms with Gasteiger partial charge >= 0.3 is 0 Å². The maximum atomic E-state index is 11.7. The fourth-order valence-electron chi connectivity index (χ4n) is 1.47. The third-order valence-electron chi connectivity index (χ3n) is 2.29. The Hall–Kier alpha value is -0.630. The van der Waals surface area contributed by atoms with Crippen molar-refractivity contribution in [2.24, 2.45) is 0 Å². The van der Waals surface area contributed by atoms with Crippen molar-refractivity contribution < 1.29 is 9.53 Å². The molecule has 1 aliphatic rings. The van der Waals surface area contributed by atoms with Crippen molar-refractivity contribution in [1.29, 1.82) is 0 Å². The van der Waals surface area contributed by atoms with E-state index in [1.807, 2.05) is 20.8 Å². The van der Waals surface area contributed by atoms with E-state index in [0.717, 1.165) is 24.8 Å². The van der Waals surface area contributed by atoms with Crippen LogP contribution >= 0.6 is 0 Å². The van der Waals surface area contributed by atoms with Gasteiger partial charge in [-0.05, 0) is 52.0 Å². The molecule has 0 N–H and O–H groups in total. The molecule has 0 atom stereocenters. The zero-order valence-corrected chi connectivity index (χ0v) is 9.43. The Morgan fingerprint density at radius 3 is 2.64 bits per heavy atom. The molecule has 0 saturated heterocycles. The Morgan fingerprint density at radius 2 is 2.14 bits per heavy atom. The molecule has 80 valence electrons. The Balaban J connectivity index is 2.38. The van der Waals surface area contributed by atoms with Gasteiger partial charge in [-0.2, -0.15) is 0 Å². The van der Waals surface area contributed by atoms with Crippen LogP contribution in [0.5, 0.6) is 0 Å². The topological polar surface area (TPSA) is 26.3 Å². The molecule has 0 radical (unpaired) electrons. The van der Waals surface area contributed by atoms with Crippen LogP contribution in [-0.4, -0.2) is 18.0 Å². The highest BCUT2D eigenvalue weighted by Gasteiger charge is 2.16. The molecule has 0 aromatic heterocycles. The van der Waals surface area contributed by atoms with Crippen molar-refractivity contribution in [3.63, 3.8) is 0 Å². The highest BCUT2D eigenvalue weighted by atomic mass is 16.5. The van der Waals surface area contributed by atoms with Crippen molar-refractivity contribution in [2.45, 2.75) is 52.1 Å². The van der Waals surface area contributed by atoms with Gasteiger partial charge in [0.05, 0.1) is 5.60 Å². The highest BCUT2D eigenvalue weighted by molar-refractivity contribution is 5.96. The van der Waals surface area contributed by atoms with Gasteiger partial charge in [0.25, 0.3) is 0 Å². The van der Waals surface area contributed by atoms with Crippen LogP contribution in [0.2, 0.25) is 0 Å². The lowest BCUT2D eigenvalue weighted by atomic mass is 9.97. The second-order valence-corrected chi connectivity index (χ2v) is 4.80. The number of Topliss-reactive ketones (excluding diaryl/α,β-unsaturated/α-hetero) is 1. The Bertz CT molecular complexity index is 233. The average Bonchev–Trinajstić information content (AvgIpc) is 2.14. The molecular weight excluding hydrogens is 176 g/mol. The third kappa shape index (κ3) is 4.05. The van der Waals surface area contributed by atoms with E-state index in [1.54, 1.807) is 0 Å². The number of ether oxygens (including phenoxy) is 1. The summed E-state index contributed by atoms with van der Waals surface area (Å²) in [7, 11) is 0. The summed E-state index contributed by atoms with van der Waals surface area (Å²) in [6.07, 6.45) is 6.42. The highest BCUT2D eigenvalue weighted by Crippen LogP contribution is 2.18. The molecule has 0 aromatic rings. The monoisotopic (exact) mass is 196 g/mol. The molecule has 2 nitrogen and oxygen atoms in total. The van der Waals surface area contributed by atoms with Gasteiger partial charge in [-0.3, -0.25) is 4.79 Å². The van der Waals surface area contributed by atoms with Crippen LogP contribution in [0.1, 0.15) is 46.5 Å². The minimum Gasteiger partial charge on any atom is -0.368 e. The van der Waals surface area contributed by atoms with E-state index < -0.39 is 0 Å². The molecule has 14 heavy (non-hydrogen) atoms. The van der Waals surface area contributed by atoms with Gasteiger partial charge in [0.1, 0.15) is 6.61 Å². The molecule has 0 fully saturated rings. The first kappa shape index (κ1) is 11.4. The second-order valence-electron chi connectivity index (χ2n) is 4.80. The normalized spacial score (nSPS) is 17.8. The molecule has 0 aromatic carbocycles. The first-order chi connectivity index (χ1) is 6.49. The van der Waals surface area contributed by atoms with Crippen molar-refractivity contribution in [1.82, 2.24) is 0 Å². The van der Waals surface area contributed by atoms with E-state index in [-0.39, 0.29) is 18.0 Å². The van der Waals surface area contributed by atoms with Crippen molar-refractivity contribution in [3.05, 3.63) is 11.6 Å². The Kier molecular flexibility index (Phi) is 3.87. The Labute approximate surface area is 86.3 Å². The van der Waals surface area contributed by atoms with Crippen LogP contribution in [0.25, 0.3) is 0 Å². The van der Waals surface area contributed by atoms with Gasteiger partial charge in [0, 0.05) is 0 Å². The number of allylic oxidation sites excluding steroid dienone is 1. The SMILES string of the molecule is CC(C)(C)OCC(=O)C1=CCCCC1. The van der Waals surface area contributed by atoms with Crippen LogP contribution in [0.15, 0.2) is 11.6 Å². The summed E-state index contributed by atoms with van der Waals surface area (Å²) in [4.78, 5) is 11.7. The van der Waals surface area contributed by atoms with E-state index in [1.165, 1.54) is 6.42 Å². The Morgan fingerprint density at radius 1 is 1.43 bits per heavy atom. The smallest absolute Gasteiger partial charge is 0.184 e. The number of hydrogen-bond donors (Lipinski definition) is 0. The quantitative estimate of drug-likeness (QED) is 0.693. The summed E-state index contributed by atoms with van der Waals surface area (Å²) in [5.41, 5.74) is 0.755. The molecule has 0 heterocycles. The fourth-order valence-corrected chi connectivity index (χ4v) is 1.47. The number of carbonyl (C=O) groups is 1. The molecule has 0 spiro atoms. The predicted molar refractivity (Wildman–Crippen MR) is 57.3 cm³/mol. The van der Waals surface area contributed by atoms with E-state index >= 15 is 0 Å². The zero-order valence-electron chi connectivity index (χ0n) is 9.43. The molecule has 1 aliphatic carbocycles. The van der Waals surface area contributed by atoms with Gasteiger partial charge in [-0.1, -0.05) is 6.08 Å². The van der Waals surface area contributed by atoms with Gasteiger partial charge in [-0.25, -0.2) is 0 Å². The van der Waals surface area contributed by atoms with Gasteiger partial charge in [0.2, 0.25) is 0 Å². The fraction of sp³-hybridized carbons (Fsp3) is 0.750. The van der Waals surface area contributed by atoms with Crippen LogP contribution in [0.3, 0.4) is 0 Å². The minimum absolute atomic E-state index is 0.166.